The molecule has 192 valence electrons. The predicted octanol–water partition coefficient (Wildman–Crippen LogP) is 6.28. The zero-order valence-electron chi connectivity index (χ0n) is 20.5. The van der Waals surface area contributed by atoms with E-state index in [4.69, 9.17) is 4.42 Å². The monoisotopic (exact) mass is 573 g/mol. The van der Waals surface area contributed by atoms with E-state index in [1.54, 1.807) is 30.5 Å². The average Bonchev–Trinajstić information content (AvgIpc) is 3.40. The molecule has 7 nitrogen and oxygen atoms in total. The first kappa shape index (κ1) is 26.3. The van der Waals surface area contributed by atoms with Crippen LogP contribution in [0.3, 0.4) is 0 Å². The smallest absolute Gasteiger partial charge is 0.261 e. The molecule has 0 unspecified atom stereocenters. The van der Waals surface area contributed by atoms with Crippen molar-refractivity contribution in [3.63, 3.8) is 0 Å². The van der Waals surface area contributed by atoms with Gasteiger partial charge in [-0.2, -0.15) is 0 Å². The van der Waals surface area contributed by atoms with Crippen LogP contribution in [0.2, 0.25) is 0 Å². The summed E-state index contributed by atoms with van der Waals surface area (Å²) in [5.41, 5.74) is 1.63. The highest BCUT2D eigenvalue weighted by atomic mass is 79.9. The van der Waals surface area contributed by atoms with Gasteiger partial charge in [0, 0.05) is 29.8 Å². The van der Waals surface area contributed by atoms with Gasteiger partial charge in [-0.1, -0.05) is 29.3 Å². The Morgan fingerprint density at radius 1 is 1.08 bits per heavy atom. The maximum Gasteiger partial charge on any atom is 0.261 e. The number of carbonyl (C=O) groups is 1. The van der Waals surface area contributed by atoms with Crippen molar-refractivity contribution in [2.75, 3.05) is 29.3 Å². The van der Waals surface area contributed by atoms with E-state index in [9.17, 15) is 13.2 Å². The molecule has 1 aromatic heterocycles. The molecule has 36 heavy (non-hydrogen) atoms. The summed E-state index contributed by atoms with van der Waals surface area (Å²) in [5, 5.41) is 0. The standard InChI is InChI=1S/C27H32BrN3O4S/c1-2-3-15-31(20-23-8-7-18-35-23)26-14-11-22(19-25(26)27(32)30-16-5-4-6-17-30)29-36(33,34)24-12-9-21(28)10-13-24/h7-14,18-19,29H,2-6,15-17,20H2,1H3. The van der Waals surface area contributed by atoms with Gasteiger partial charge in [0.1, 0.15) is 5.76 Å². The summed E-state index contributed by atoms with van der Waals surface area (Å²) < 4.78 is 35.1. The van der Waals surface area contributed by atoms with Gasteiger partial charge in [-0.15, -0.1) is 0 Å². The van der Waals surface area contributed by atoms with Crippen LogP contribution in [0.15, 0.2) is 74.6 Å². The van der Waals surface area contributed by atoms with E-state index in [0.29, 0.717) is 30.9 Å². The molecule has 0 saturated carbocycles. The number of nitrogens with zero attached hydrogens (tertiary/aromatic N) is 2. The topological polar surface area (TPSA) is 82.9 Å². The number of benzene rings is 2. The Morgan fingerprint density at radius 3 is 2.50 bits per heavy atom. The fraction of sp³-hybridized carbons (Fsp3) is 0.370. The number of anilines is 2. The summed E-state index contributed by atoms with van der Waals surface area (Å²) in [5.74, 6) is 0.734. The van der Waals surface area contributed by atoms with Crippen LogP contribution in [0.5, 0.6) is 0 Å². The van der Waals surface area contributed by atoms with Crippen LogP contribution in [0.4, 0.5) is 11.4 Å². The Bertz CT molecular complexity index is 1250. The normalized spacial score (nSPS) is 14.0. The average molecular weight is 575 g/mol. The lowest BCUT2D eigenvalue weighted by Crippen LogP contribution is -2.37. The molecule has 0 atom stereocenters. The highest BCUT2D eigenvalue weighted by Crippen LogP contribution is 2.30. The zero-order valence-corrected chi connectivity index (χ0v) is 22.9. The predicted molar refractivity (Wildman–Crippen MR) is 146 cm³/mol. The summed E-state index contributed by atoms with van der Waals surface area (Å²) >= 11 is 3.33. The van der Waals surface area contributed by atoms with Crippen LogP contribution in [-0.4, -0.2) is 38.9 Å². The molecule has 1 aliphatic rings. The van der Waals surface area contributed by atoms with Gasteiger partial charge in [0.15, 0.2) is 0 Å². The van der Waals surface area contributed by atoms with Crippen LogP contribution in [0, 0.1) is 0 Å². The van der Waals surface area contributed by atoms with Crippen molar-refractivity contribution < 1.29 is 17.6 Å². The molecule has 1 saturated heterocycles. The molecule has 2 heterocycles. The van der Waals surface area contributed by atoms with Gasteiger partial charge in [0.05, 0.1) is 29.0 Å². The minimum absolute atomic E-state index is 0.0738. The molecule has 1 N–H and O–H groups in total. The van der Waals surface area contributed by atoms with Crippen molar-refractivity contribution in [1.29, 1.82) is 0 Å². The molecule has 0 spiro atoms. The molecule has 0 radical (unpaired) electrons. The zero-order chi connectivity index (χ0) is 25.5. The summed E-state index contributed by atoms with van der Waals surface area (Å²) in [7, 11) is -3.81. The van der Waals surface area contributed by atoms with Crippen molar-refractivity contribution in [3.8, 4) is 0 Å². The second-order valence-electron chi connectivity index (χ2n) is 9.00. The van der Waals surface area contributed by atoms with Crippen LogP contribution < -0.4 is 9.62 Å². The number of carbonyl (C=O) groups excluding carboxylic acids is 1. The van der Waals surface area contributed by atoms with E-state index in [1.807, 2.05) is 23.1 Å². The molecule has 0 bridgehead atoms. The van der Waals surface area contributed by atoms with E-state index >= 15 is 0 Å². The number of likely N-dealkylation sites (tertiary alicyclic amines) is 1. The van der Waals surface area contributed by atoms with Crippen molar-refractivity contribution in [2.45, 2.75) is 50.5 Å². The first-order valence-electron chi connectivity index (χ1n) is 12.4. The highest BCUT2D eigenvalue weighted by molar-refractivity contribution is 9.10. The van der Waals surface area contributed by atoms with E-state index in [1.165, 1.54) is 12.1 Å². The molecule has 4 rings (SSSR count). The lowest BCUT2D eigenvalue weighted by molar-refractivity contribution is 0.0725. The molecule has 1 amide bonds. The molecule has 2 aromatic carbocycles. The number of halogens is 1. The number of rotatable bonds is 10. The summed E-state index contributed by atoms with van der Waals surface area (Å²) in [4.78, 5) is 17.9. The largest absolute Gasteiger partial charge is 0.467 e. The van der Waals surface area contributed by atoms with Crippen LogP contribution in [-0.2, 0) is 16.6 Å². The van der Waals surface area contributed by atoms with E-state index < -0.39 is 10.0 Å². The molecule has 1 fully saturated rings. The minimum atomic E-state index is -3.81. The molecule has 9 heteroatoms. The van der Waals surface area contributed by atoms with Crippen molar-refractivity contribution in [1.82, 2.24) is 4.90 Å². The maximum atomic E-state index is 13.7. The lowest BCUT2D eigenvalue weighted by Gasteiger charge is -2.31. The Labute approximate surface area is 221 Å². The summed E-state index contributed by atoms with van der Waals surface area (Å²) in [6.45, 7) is 4.82. The second kappa shape index (κ2) is 12.0. The molecular weight excluding hydrogens is 542 g/mol. The fourth-order valence-corrected chi connectivity index (χ4v) is 5.68. The Morgan fingerprint density at radius 2 is 1.83 bits per heavy atom. The first-order chi connectivity index (χ1) is 17.4. The summed E-state index contributed by atoms with van der Waals surface area (Å²) in [6.07, 6.45) is 6.68. The molecule has 0 aliphatic carbocycles. The first-order valence-corrected chi connectivity index (χ1v) is 14.6. The quantitative estimate of drug-likeness (QED) is 0.309. The van der Waals surface area contributed by atoms with Gasteiger partial charge in [0.25, 0.3) is 15.9 Å². The number of unbranched alkanes of at least 4 members (excludes halogenated alkanes) is 1. The third-order valence-electron chi connectivity index (χ3n) is 6.30. The van der Waals surface area contributed by atoms with Gasteiger partial charge < -0.3 is 14.2 Å². The Hall–Kier alpha value is -2.78. The number of sulfonamides is 1. The van der Waals surface area contributed by atoms with Crippen LogP contribution >= 0.6 is 15.9 Å². The number of piperidine rings is 1. The summed E-state index contributed by atoms with van der Waals surface area (Å²) in [6, 6.07) is 15.5. The molecule has 1 aliphatic heterocycles. The minimum Gasteiger partial charge on any atom is -0.467 e. The van der Waals surface area contributed by atoms with Gasteiger partial charge in [-0.05, 0) is 80.3 Å². The maximum absolute atomic E-state index is 13.7. The van der Waals surface area contributed by atoms with E-state index in [0.717, 1.165) is 54.6 Å². The third kappa shape index (κ3) is 6.50. The number of furan rings is 1. The SMILES string of the molecule is CCCCN(Cc1ccco1)c1ccc(NS(=O)(=O)c2ccc(Br)cc2)cc1C(=O)N1CCCCC1. The highest BCUT2D eigenvalue weighted by Gasteiger charge is 2.25. The van der Waals surface area contributed by atoms with Crippen molar-refractivity contribution >= 4 is 43.2 Å². The van der Waals surface area contributed by atoms with Gasteiger partial charge >= 0.3 is 0 Å². The molecule has 3 aromatic rings. The number of nitrogens with one attached hydrogen (secondary N) is 1. The van der Waals surface area contributed by atoms with Crippen molar-refractivity contribution in [2.24, 2.45) is 0 Å². The fourth-order valence-electron chi connectivity index (χ4n) is 4.37. The Kier molecular flexibility index (Phi) is 8.74. The van der Waals surface area contributed by atoms with Crippen LogP contribution in [0.1, 0.15) is 55.1 Å². The van der Waals surface area contributed by atoms with Crippen LogP contribution in [0.25, 0.3) is 0 Å². The molecular formula is C27H32BrN3O4S. The van der Waals surface area contributed by atoms with E-state index in [-0.39, 0.29) is 10.8 Å². The van der Waals surface area contributed by atoms with Crippen molar-refractivity contribution in [3.05, 3.63) is 76.7 Å². The number of hydrogen-bond donors (Lipinski definition) is 1. The number of amides is 1. The Balaban J connectivity index is 1.70. The third-order valence-corrected chi connectivity index (χ3v) is 8.22. The van der Waals surface area contributed by atoms with E-state index in [2.05, 4.69) is 32.5 Å². The van der Waals surface area contributed by atoms with Gasteiger partial charge in [-0.25, -0.2) is 8.42 Å². The lowest BCUT2D eigenvalue weighted by atomic mass is 10.1. The number of hydrogen-bond acceptors (Lipinski definition) is 5. The van der Waals surface area contributed by atoms with Gasteiger partial charge in [0.2, 0.25) is 0 Å². The van der Waals surface area contributed by atoms with Gasteiger partial charge in [-0.3, -0.25) is 9.52 Å². The second-order valence-corrected chi connectivity index (χ2v) is 11.6.